The molecule has 0 atom stereocenters. The van der Waals surface area contributed by atoms with E-state index in [1.54, 1.807) is 11.0 Å². The van der Waals surface area contributed by atoms with Crippen LogP contribution in [0.15, 0.2) is 30.9 Å². The Bertz CT molecular complexity index is 488. The third-order valence-corrected chi connectivity index (χ3v) is 8.42. The topological polar surface area (TPSA) is 30.7 Å². The van der Waals surface area contributed by atoms with Crippen LogP contribution in [0.25, 0.3) is 5.69 Å². The zero-order valence-electron chi connectivity index (χ0n) is 9.61. The number of nitrogens with zero attached hydrogens (tertiary/aromatic N) is 3. The van der Waals surface area contributed by atoms with E-state index < -0.39 is 18.4 Å². The molecule has 0 bridgehead atoms. The fraction of sp³-hybridized carbons (Fsp3) is 0.273. The van der Waals surface area contributed by atoms with Gasteiger partial charge in [-0.25, -0.2) is 0 Å². The maximum atomic E-state index is 6.15. The van der Waals surface area contributed by atoms with Gasteiger partial charge in [0.15, 0.2) is 0 Å². The zero-order valence-corrected chi connectivity index (χ0v) is 13.2. The van der Waals surface area contributed by atoms with E-state index in [0.717, 1.165) is 10.7 Å². The molecule has 0 N–H and O–H groups in total. The SMILES string of the molecule is [CH3][Sn]([CH3])([CH3])[c]1cc(Cl)cc(-n2cncn2)c1. The Labute approximate surface area is 104 Å². The summed E-state index contributed by atoms with van der Waals surface area (Å²) in [6.45, 7) is 0. The van der Waals surface area contributed by atoms with Crippen LogP contribution in [0.5, 0.6) is 0 Å². The number of rotatable bonds is 2. The van der Waals surface area contributed by atoms with Crippen LogP contribution in [0.1, 0.15) is 0 Å². The molecule has 0 radical (unpaired) electrons. The third kappa shape index (κ3) is 2.58. The van der Waals surface area contributed by atoms with Gasteiger partial charge in [-0.1, -0.05) is 0 Å². The summed E-state index contributed by atoms with van der Waals surface area (Å²) in [7, 11) is 0. The van der Waals surface area contributed by atoms with Crippen LogP contribution in [0, 0.1) is 0 Å². The van der Waals surface area contributed by atoms with Gasteiger partial charge in [-0.15, -0.1) is 0 Å². The van der Waals surface area contributed by atoms with Gasteiger partial charge in [-0.2, -0.15) is 0 Å². The summed E-state index contributed by atoms with van der Waals surface area (Å²) in [5.74, 6) is 0. The van der Waals surface area contributed by atoms with Gasteiger partial charge in [0.05, 0.1) is 0 Å². The molecule has 0 aliphatic rings. The van der Waals surface area contributed by atoms with Crippen LogP contribution in [0.4, 0.5) is 0 Å². The summed E-state index contributed by atoms with van der Waals surface area (Å²) in [5, 5.41) is 4.89. The van der Waals surface area contributed by atoms with Crippen molar-refractivity contribution in [2.75, 3.05) is 0 Å². The standard InChI is InChI=1S/C8H5ClN3.3CH3.Sn/c9-7-2-1-3-8(4-7)12-6-10-5-11-12;;;;/h2-6H;3*1H3;. The minimum absolute atomic E-state index is 0.773. The average molecular weight is 342 g/mol. The van der Waals surface area contributed by atoms with E-state index in [1.165, 1.54) is 9.91 Å². The molecule has 0 spiro atoms. The number of aromatic nitrogens is 3. The molecule has 1 heterocycles. The Hall–Kier alpha value is -0.551. The molecule has 2 rings (SSSR count). The van der Waals surface area contributed by atoms with Crippen LogP contribution in [0.3, 0.4) is 0 Å². The van der Waals surface area contributed by atoms with Crippen molar-refractivity contribution < 1.29 is 0 Å². The molecule has 2 aromatic rings. The first-order chi connectivity index (χ1) is 7.47. The maximum absolute atomic E-state index is 6.15. The van der Waals surface area contributed by atoms with E-state index in [1.807, 2.05) is 6.07 Å². The first kappa shape index (κ1) is 11.9. The monoisotopic (exact) mass is 343 g/mol. The molecule has 0 unspecified atom stereocenters. The predicted octanol–water partition coefficient (Wildman–Crippen LogP) is 2.47. The van der Waals surface area contributed by atoms with Crippen molar-refractivity contribution in [2.24, 2.45) is 0 Å². The van der Waals surface area contributed by atoms with Crippen molar-refractivity contribution in [3.05, 3.63) is 35.9 Å². The number of hydrogen-bond acceptors (Lipinski definition) is 2. The van der Waals surface area contributed by atoms with Crippen molar-refractivity contribution in [2.45, 2.75) is 14.8 Å². The predicted molar refractivity (Wildman–Crippen MR) is 69.3 cm³/mol. The molecule has 3 nitrogen and oxygen atoms in total. The average Bonchev–Trinajstić information content (AvgIpc) is 2.68. The minimum atomic E-state index is -2.08. The summed E-state index contributed by atoms with van der Waals surface area (Å²) >= 11 is 4.06. The Morgan fingerprint density at radius 1 is 1.19 bits per heavy atom. The van der Waals surface area contributed by atoms with Crippen molar-refractivity contribution in [3.63, 3.8) is 0 Å². The normalized spacial score (nSPS) is 11.8. The van der Waals surface area contributed by atoms with Crippen LogP contribution in [-0.4, -0.2) is 33.1 Å². The molecule has 84 valence electrons. The Balaban J connectivity index is 2.53. The molecule has 0 amide bonds. The van der Waals surface area contributed by atoms with Crippen molar-refractivity contribution >= 4 is 33.6 Å². The van der Waals surface area contributed by atoms with Crippen LogP contribution >= 0.6 is 11.6 Å². The molecule has 0 saturated carbocycles. The molecule has 0 aliphatic carbocycles. The van der Waals surface area contributed by atoms with E-state index >= 15 is 0 Å². The summed E-state index contributed by atoms with van der Waals surface area (Å²) in [6.07, 6.45) is 3.22. The third-order valence-electron chi connectivity index (χ3n) is 2.43. The molecule has 1 aromatic carbocycles. The van der Waals surface area contributed by atoms with Gasteiger partial charge in [0.2, 0.25) is 0 Å². The van der Waals surface area contributed by atoms with E-state index in [-0.39, 0.29) is 0 Å². The number of hydrogen-bond donors (Lipinski definition) is 0. The van der Waals surface area contributed by atoms with Gasteiger partial charge in [0.1, 0.15) is 0 Å². The van der Waals surface area contributed by atoms with E-state index in [9.17, 15) is 0 Å². The van der Waals surface area contributed by atoms with Gasteiger partial charge in [-0.05, 0) is 0 Å². The molecule has 0 aliphatic heterocycles. The second kappa shape index (κ2) is 4.37. The molecular formula is C11H14ClN3Sn. The first-order valence-corrected chi connectivity index (χ1v) is 15.5. The van der Waals surface area contributed by atoms with Gasteiger partial charge in [0, 0.05) is 0 Å². The fourth-order valence-corrected chi connectivity index (χ4v) is 5.31. The summed E-state index contributed by atoms with van der Waals surface area (Å²) in [4.78, 5) is 11.0. The summed E-state index contributed by atoms with van der Waals surface area (Å²) in [6, 6.07) is 6.17. The number of halogens is 1. The summed E-state index contributed by atoms with van der Waals surface area (Å²) in [5.41, 5.74) is 0.992. The Morgan fingerprint density at radius 2 is 1.94 bits per heavy atom. The van der Waals surface area contributed by atoms with E-state index in [0.29, 0.717) is 0 Å². The van der Waals surface area contributed by atoms with Gasteiger partial charge >= 0.3 is 105 Å². The van der Waals surface area contributed by atoms with Crippen LogP contribution in [0.2, 0.25) is 19.8 Å². The zero-order chi connectivity index (χ0) is 11.8. The van der Waals surface area contributed by atoms with Crippen molar-refractivity contribution in [1.82, 2.24) is 14.8 Å². The van der Waals surface area contributed by atoms with Crippen molar-refractivity contribution in [3.8, 4) is 5.69 Å². The van der Waals surface area contributed by atoms with Crippen LogP contribution < -0.4 is 3.58 Å². The van der Waals surface area contributed by atoms with Crippen molar-refractivity contribution in [1.29, 1.82) is 0 Å². The van der Waals surface area contributed by atoms with Gasteiger partial charge < -0.3 is 0 Å². The summed E-state index contributed by atoms with van der Waals surface area (Å²) < 4.78 is 3.14. The van der Waals surface area contributed by atoms with Crippen LogP contribution in [-0.2, 0) is 0 Å². The van der Waals surface area contributed by atoms with Gasteiger partial charge in [-0.3, -0.25) is 0 Å². The Kier molecular flexibility index (Phi) is 3.26. The molecular weight excluding hydrogens is 328 g/mol. The van der Waals surface area contributed by atoms with Gasteiger partial charge in [0.25, 0.3) is 0 Å². The molecule has 5 heteroatoms. The fourth-order valence-electron chi connectivity index (χ4n) is 1.48. The second-order valence-electron chi connectivity index (χ2n) is 4.79. The second-order valence-corrected chi connectivity index (χ2v) is 19.7. The molecule has 0 fully saturated rings. The molecule has 16 heavy (non-hydrogen) atoms. The quantitative estimate of drug-likeness (QED) is 0.785. The first-order valence-electron chi connectivity index (χ1n) is 5.13. The number of benzene rings is 1. The molecule has 0 saturated heterocycles. The van der Waals surface area contributed by atoms with E-state index in [4.69, 9.17) is 11.6 Å². The Morgan fingerprint density at radius 3 is 2.50 bits per heavy atom. The van der Waals surface area contributed by atoms with E-state index in [2.05, 4.69) is 37.0 Å². The molecule has 1 aromatic heterocycles.